The van der Waals surface area contributed by atoms with Crippen molar-refractivity contribution in [1.82, 2.24) is 9.88 Å². The smallest absolute Gasteiger partial charge is 0.232 e. The van der Waals surface area contributed by atoms with Gasteiger partial charge < -0.3 is 25.3 Å². The van der Waals surface area contributed by atoms with Crippen LogP contribution in [0.2, 0.25) is 0 Å². The minimum Gasteiger partial charge on any atom is -0.492 e. The van der Waals surface area contributed by atoms with Crippen molar-refractivity contribution >= 4 is 23.0 Å². The van der Waals surface area contributed by atoms with Gasteiger partial charge in [0.25, 0.3) is 0 Å². The standard InChI is InChI=1S/C25H28N4O4/c1-18(30)21-8-10-24(28-25(21)33-19-5-3-2-4-6-19)27-23-9-7-20(17-22(23)26)32-16-13-29-11-14-31-15-12-29/h2-10,17H,11-16,26H2,1H3,(H,27,28). The summed E-state index contributed by atoms with van der Waals surface area (Å²) in [7, 11) is 0. The summed E-state index contributed by atoms with van der Waals surface area (Å²) in [5.74, 6) is 1.93. The van der Waals surface area contributed by atoms with E-state index in [1.54, 1.807) is 18.2 Å². The molecule has 0 unspecified atom stereocenters. The molecule has 1 aliphatic heterocycles. The molecule has 1 aliphatic rings. The van der Waals surface area contributed by atoms with Crippen molar-refractivity contribution in [3.05, 3.63) is 66.2 Å². The maximum absolute atomic E-state index is 12.0. The van der Waals surface area contributed by atoms with E-state index in [4.69, 9.17) is 19.9 Å². The number of benzene rings is 2. The first-order valence-electron chi connectivity index (χ1n) is 10.9. The highest BCUT2D eigenvalue weighted by molar-refractivity contribution is 5.96. The lowest BCUT2D eigenvalue weighted by Crippen LogP contribution is -2.38. The summed E-state index contributed by atoms with van der Waals surface area (Å²) >= 11 is 0. The number of ether oxygens (including phenoxy) is 3. The van der Waals surface area contributed by atoms with Crippen LogP contribution in [0.25, 0.3) is 0 Å². The number of carbonyl (C=O) groups excluding carboxylic acids is 1. The van der Waals surface area contributed by atoms with Crippen LogP contribution in [0.4, 0.5) is 17.2 Å². The maximum atomic E-state index is 12.0. The average Bonchev–Trinajstić information content (AvgIpc) is 2.82. The van der Waals surface area contributed by atoms with Gasteiger partial charge in [-0.3, -0.25) is 9.69 Å². The van der Waals surface area contributed by atoms with Crippen molar-refractivity contribution in [2.75, 3.05) is 50.5 Å². The van der Waals surface area contributed by atoms with Crippen LogP contribution in [-0.4, -0.2) is 55.1 Å². The molecule has 0 amide bonds. The highest BCUT2D eigenvalue weighted by Crippen LogP contribution is 2.30. The van der Waals surface area contributed by atoms with Crippen molar-refractivity contribution in [1.29, 1.82) is 0 Å². The fourth-order valence-corrected chi connectivity index (χ4v) is 3.46. The third-order valence-corrected chi connectivity index (χ3v) is 5.26. The summed E-state index contributed by atoms with van der Waals surface area (Å²) in [6, 6.07) is 18.1. The molecule has 2 aromatic carbocycles. The number of anilines is 3. The summed E-state index contributed by atoms with van der Waals surface area (Å²) in [4.78, 5) is 18.8. The molecule has 0 spiro atoms. The fraction of sp³-hybridized carbons (Fsp3) is 0.280. The Morgan fingerprint density at radius 3 is 2.61 bits per heavy atom. The number of nitrogens with zero attached hydrogens (tertiary/aromatic N) is 2. The van der Waals surface area contributed by atoms with Gasteiger partial charge in [-0.05, 0) is 43.3 Å². The highest BCUT2D eigenvalue weighted by atomic mass is 16.5. The van der Waals surface area contributed by atoms with Crippen LogP contribution >= 0.6 is 0 Å². The summed E-state index contributed by atoms with van der Waals surface area (Å²) in [6.45, 7) is 6.32. The zero-order valence-electron chi connectivity index (χ0n) is 18.6. The lowest BCUT2D eigenvalue weighted by atomic mass is 10.2. The van der Waals surface area contributed by atoms with Crippen molar-refractivity contribution in [2.45, 2.75) is 6.92 Å². The predicted molar refractivity (Wildman–Crippen MR) is 128 cm³/mol. The Hall–Kier alpha value is -3.62. The van der Waals surface area contributed by atoms with Gasteiger partial charge in [0.05, 0.1) is 30.2 Å². The molecular weight excluding hydrogens is 420 g/mol. The number of Topliss-reactive ketones (excluding diaryl/α,β-unsaturated/α-hetero) is 1. The SMILES string of the molecule is CC(=O)c1ccc(Nc2ccc(OCCN3CCOCC3)cc2N)nc1Oc1ccccc1. The van der Waals surface area contributed by atoms with Crippen LogP contribution in [0.1, 0.15) is 17.3 Å². The number of carbonyl (C=O) groups is 1. The number of nitrogen functional groups attached to an aromatic ring is 1. The lowest BCUT2D eigenvalue weighted by Gasteiger charge is -2.26. The Morgan fingerprint density at radius 2 is 1.88 bits per heavy atom. The van der Waals surface area contributed by atoms with Gasteiger partial charge >= 0.3 is 0 Å². The molecule has 1 saturated heterocycles. The van der Waals surface area contributed by atoms with Gasteiger partial charge in [-0.15, -0.1) is 0 Å². The van der Waals surface area contributed by atoms with E-state index in [9.17, 15) is 4.79 Å². The van der Waals surface area contributed by atoms with E-state index in [1.165, 1.54) is 6.92 Å². The van der Waals surface area contributed by atoms with Crippen molar-refractivity contribution in [2.24, 2.45) is 0 Å². The summed E-state index contributed by atoms with van der Waals surface area (Å²) in [5.41, 5.74) is 7.86. The van der Waals surface area contributed by atoms with Crippen LogP contribution in [-0.2, 0) is 4.74 Å². The average molecular weight is 449 g/mol. The number of pyridine rings is 1. The number of morpholine rings is 1. The molecule has 1 aromatic heterocycles. The normalized spacial score (nSPS) is 14.0. The second kappa shape index (κ2) is 10.8. The summed E-state index contributed by atoms with van der Waals surface area (Å²) < 4.78 is 17.1. The summed E-state index contributed by atoms with van der Waals surface area (Å²) in [6.07, 6.45) is 0. The number of ketones is 1. The van der Waals surface area contributed by atoms with Crippen molar-refractivity contribution in [3.63, 3.8) is 0 Å². The Balaban J connectivity index is 1.42. The van der Waals surface area contributed by atoms with Gasteiger partial charge in [0.1, 0.15) is 23.9 Å². The second-order valence-electron chi connectivity index (χ2n) is 7.70. The first-order chi connectivity index (χ1) is 16.1. The number of aromatic nitrogens is 1. The number of hydrogen-bond donors (Lipinski definition) is 2. The monoisotopic (exact) mass is 448 g/mol. The van der Waals surface area contributed by atoms with Crippen LogP contribution in [0, 0.1) is 0 Å². The van der Waals surface area contributed by atoms with E-state index in [1.807, 2.05) is 42.5 Å². The van der Waals surface area contributed by atoms with E-state index in [2.05, 4.69) is 15.2 Å². The zero-order chi connectivity index (χ0) is 23.0. The number of rotatable bonds is 9. The highest BCUT2D eigenvalue weighted by Gasteiger charge is 2.14. The molecule has 1 fully saturated rings. The van der Waals surface area contributed by atoms with Crippen LogP contribution < -0.4 is 20.5 Å². The molecule has 0 aliphatic carbocycles. The molecule has 172 valence electrons. The minimum absolute atomic E-state index is 0.127. The molecule has 8 nitrogen and oxygen atoms in total. The zero-order valence-corrected chi connectivity index (χ0v) is 18.6. The molecule has 2 heterocycles. The molecule has 0 saturated carbocycles. The Morgan fingerprint density at radius 1 is 1.09 bits per heavy atom. The van der Waals surface area contributed by atoms with Gasteiger partial charge in [-0.25, -0.2) is 0 Å². The summed E-state index contributed by atoms with van der Waals surface area (Å²) in [5, 5.41) is 3.19. The Labute approximate surface area is 193 Å². The number of nitrogens with one attached hydrogen (secondary N) is 1. The van der Waals surface area contributed by atoms with E-state index in [0.29, 0.717) is 40.9 Å². The van der Waals surface area contributed by atoms with Gasteiger partial charge in [0.2, 0.25) is 5.88 Å². The first-order valence-corrected chi connectivity index (χ1v) is 10.9. The van der Waals surface area contributed by atoms with Crippen LogP contribution in [0.5, 0.6) is 17.4 Å². The van der Waals surface area contributed by atoms with E-state index >= 15 is 0 Å². The van der Waals surface area contributed by atoms with Crippen molar-refractivity contribution < 1.29 is 19.0 Å². The minimum atomic E-state index is -0.127. The third kappa shape index (κ3) is 6.21. The van der Waals surface area contributed by atoms with Gasteiger partial charge in [0.15, 0.2) is 5.78 Å². The maximum Gasteiger partial charge on any atom is 0.232 e. The first kappa shape index (κ1) is 22.6. The number of nitrogens with two attached hydrogens (primary N) is 1. The quantitative estimate of drug-likeness (QED) is 0.373. The lowest BCUT2D eigenvalue weighted by molar-refractivity contribution is 0.0322. The molecule has 3 N–H and O–H groups in total. The number of hydrogen-bond acceptors (Lipinski definition) is 8. The van der Waals surface area contributed by atoms with E-state index in [-0.39, 0.29) is 11.7 Å². The third-order valence-electron chi connectivity index (χ3n) is 5.26. The van der Waals surface area contributed by atoms with E-state index < -0.39 is 0 Å². The Kier molecular flexibility index (Phi) is 7.39. The molecular formula is C25H28N4O4. The Bertz CT molecular complexity index is 1090. The number of para-hydroxylation sites is 1. The largest absolute Gasteiger partial charge is 0.492 e. The molecule has 3 aromatic rings. The van der Waals surface area contributed by atoms with Gasteiger partial charge in [-0.2, -0.15) is 4.98 Å². The molecule has 0 radical (unpaired) electrons. The molecule has 0 atom stereocenters. The van der Waals surface area contributed by atoms with Crippen LogP contribution in [0.3, 0.4) is 0 Å². The predicted octanol–water partition coefficient (Wildman–Crippen LogP) is 4.11. The van der Waals surface area contributed by atoms with Crippen molar-refractivity contribution in [3.8, 4) is 17.4 Å². The molecule has 4 rings (SSSR count). The van der Waals surface area contributed by atoms with Gasteiger partial charge in [-0.1, -0.05) is 18.2 Å². The fourth-order valence-electron chi connectivity index (χ4n) is 3.46. The molecule has 8 heteroatoms. The topological polar surface area (TPSA) is 98.9 Å². The van der Waals surface area contributed by atoms with Crippen LogP contribution in [0.15, 0.2) is 60.7 Å². The second-order valence-corrected chi connectivity index (χ2v) is 7.70. The molecule has 33 heavy (non-hydrogen) atoms. The van der Waals surface area contributed by atoms with Gasteiger partial charge in [0, 0.05) is 25.7 Å². The molecule has 0 bridgehead atoms. The van der Waals surface area contributed by atoms with E-state index in [0.717, 1.165) is 32.8 Å².